The first kappa shape index (κ1) is 11.9. The molecular weight excluding hydrogens is 247 g/mol. The van der Waals surface area contributed by atoms with Crippen LogP contribution in [0.3, 0.4) is 0 Å². The van der Waals surface area contributed by atoms with Gasteiger partial charge in [-0.3, -0.25) is 9.48 Å². The second-order valence-corrected chi connectivity index (χ2v) is 4.50. The van der Waals surface area contributed by atoms with Gasteiger partial charge >= 0.3 is 0 Å². The largest absolute Gasteiger partial charge is 0.484 e. The molecule has 19 heavy (non-hydrogen) atoms. The van der Waals surface area contributed by atoms with Crippen LogP contribution < -0.4 is 4.74 Å². The van der Waals surface area contributed by atoms with Crippen molar-refractivity contribution >= 4 is 5.78 Å². The number of fused-ring (bicyclic) bond motifs is 1. The molecule has 0 saturated carbocycles. The predicted octanol–water partition coefficient (Wildman–Crippen LogP) is 2.75. The van der Waals surface area contributed by atoms with Crippen molar-refractivity contribution in [2.24, 2.45) is 0 Å². The Bertz CT molecular complexity index is 636. The van der Waals surface area contributed by atoms with E-state index >= 15 is 0 Å². The number of halogens is 1. The predicted molar refractivity (Wildman–Crippen MR) is 66.6 cm³/mol. The first-order valence-corrected chi connectivity index (χ1v) is 6.19. The molecule has 1 aromatic heterocycles. The van der Waals surface area contributed by atoms with E-state index in [1.54, 1.807) is 10.9 Å². The zero-order valence-electron chi connectivity index (χ0n) is 10.5. The lowest BCUT2D eigenvalue weighted by Gasteiger charge is -2.24. The van der Waals surface area contributed by atoms with Crippen LogP contribution >= 0.6 is 0 Å². The van der Waals surface area contributed by atoms with Crippen LogP contribution in [-0.4, -0.2) is 15.6 Å². The van der Waals surface area contributed by atoms with Crippen molar-refractivity contribution < 1.29 is 13.9 Å². The zero-order chi connectivity index (χ0) is 13.4. The molecule has 0 bridgehead atoms. The van der Waals surface area contributed by atoms with Crippen molar-refractivity contribution in [2.75, 3.05) is 0 Å². The molecule has 1 aromatic carbocycles. The summed E-state index contributed by atoms with van der Waals surface area (Å²) in [6, 6.07) is 4.00. The van der Waals surface area contributed by atoms with Gasteiger partial charge in [0.2, 0.25) is 0 Å². The van der Waals surface area contributed by atoms with Gasteiger partial charge in [0, 0.05) is 24.4 Å². The number of ketones is 1. The van der Waals surface area contributed by atoms with Gasteiger partial charge in [0.05, 0.1) is 18.2 Å². The van der Waals surface area contributed by atoms with Crippen molar-refractivity contribution in [1.29, 1.82) is 0 Å². The van der Waals surface area contributed by atoms with Crippen LogP contribution in [0.2, 0.25) is 0 Å². The Kier molecular flexibility index (Phi) is 2.81. The first-order chi connectivity index (χ1) is 9.17. The SMILES string of the molecule is CCn1cc(C2CC(=O)c3ccc(F)cc3O2)cn1. The fourth-order valence-electron chi connectivity index (χ4n) is 2.20. The van der Waals surface area contributed by atoms with E-state index in [-0.39, 0.29) is 18.3 Å². The number of Topliss-reactive ketones (excluding diaryl/α,β-unsaturated/α-hetero) is 1. The normalized spacial score (nSPS) is 18.0. The molecule has 1 unspecified atom stereocenters. The van der Waals surface area contributed by atoms with Gasteiger partial charge in [0.15, 0.2) is 5.78 Å². The second kappa shape index (κ2) is 4.50. The second-order valence-electron chi connectivity index (χ2n) is 4.50. The van der Waals surface area contributed by atoms with Crippen molar-refractivity contribution in [3.05, 3.63) is 47.5 Å². The number of rotatable bonds is 2. The van der Waals surface area contributed by atoms with Gasteiger partial charge < -0.3 is 4.74 Å². The van der Waals surface area contributed by atoms with Crippen molar-refractivity contribution in [3.63, 3.8) is 0 Å². The molecule has 5 heteroatoms. The lowest BCUT2D eigenvalue weighted by atomic mass is 9.98. The van der Waals surface area contributed by atoms with Crippen LogP contribution in [0.5, 0.6) is 5.75 Å². The summed E-state index contributed by atoms with van der Waals surface area (Å²) in [5.74, 6) is -0.127. The van der Waals surface area contributed by atoms with E-state index in [1.165, 1.54) is 18.2 Å². The van der Waals surface area contributed by atoms with Crippen LogP contribution in [0, 0.1) is 5.82 Å². The minimum absolute atomic E-state index is 0.0319. The molecule has 98 valence electrons. The summed E-state index contributed by atoms with van der Waals surface area (Å²) in [6.07, 6.45) is 3.41. The van der Waals surface area contributed by atoms with E-state index in [4.69, 9.17) is 4.74 Å². The average molecular weight is 260 g/mol. The first-order valence-electron chi connectivity index (χ1n) is 6.19. The highest BCUT2D eigenvalue weighted by molar-refractivity contribution is 5.99. The highest BCUT2D eigenvalue weighted by Crippen LogP contribution is 2.35. The average Bonchev–Trinajstić information content (AvgIpc) is 2.86. The Morgan fingerprint density at radius 3 is 3.11 bits per heavy atom. The van der Waals surface area contributed by atoms with Crippen LogP contribution in [0.25, 0.3) is 0 Å². The fourth-order valence-corrected chi connectivity index (χ4v) is 2.20. The van der Waals surface area contributed by atoms with Crippen molar-refractivity contribution in [2.45, 2.75) is 26.0 Å². The monoisotopic (exact) mass is 260 g/mol. The lowest BCUT2D eigenvalue weighted by Crippen LogP contribution is -2.20. The quantitative estimate of drug-likeness (QED) is 0.834. The molecule has 0 N–H and O–H groups in total. The van der Waals surface area contributed by atoms with Gasteiger partial charge in [-0.15, -0.1) is 0 Å². The van der Waals surface area contributed by atoms with Gasteiger partial charge in [0.1, 0.15) is 17.7 Å². The minimum Gasteiger partial charge on any atom is -0.484 e. The standard InChI is InChI=1S/C14H13FN2O2/c1-2-17-8-9(7-16-17)13-6-12(18)11-4-3-10(15)5-14(11)19-13/h3-5,7-8,13H,2,6H2,1H3. The van der Waals surface area contributed by atoms with E-state index in [1.807, 2.05) is 13.1 Å². The number of ether oxygens (including phenoxy) is 1. The molecule has 0 fully saturated rings. The molecule has 1 aliphatic rings. The minimum atomic E-state index is -0.406. The summed E-state index contributed by atoms with van der Waals surface area (Å²) in [4.78, 5) is 12.0. The third-order valence-electron chi connectivity index (χ3n) is 3.23. The summed E-state index contributed by atoms with van der Waals surface area (Å²) >= 11 is 0. The number of carbonyl (C=O) groups excluding carboxylic acids is 1. The van der Waals surface area contributed by atoms with Gasteiger partial charge in [-0.05, 0) is 19.1 Å². The Balaban J connectivity index is 1.93. The summed E-state index contributed by atoms with van der Waals surface area (Å²) in [7, 11) is 0. The van der Waals surface area contributed by atoms with Crippen LogP contribution in [0.15, 0.2) is 30.6 Å². The molecule has 0 amide bonds. The lowest BCUT2D eigenvalue weighted by molar-refractivity contribution is 0.0849. The number of carbonyl (C=O) groups is 1. The molecule has 1 aliphatic heterocycles. The summed E-state index contributed by atoms with van der Waals surface area (Å²) in [5.41, 5.74) is 1.28. The summed E-state index contributed by atoms with van der Waals surface area (Å²) in [5, 5.41) is 4.16. The smallest absolute Gasteiger partial charge is 0.170 e. The molecule has 0 aliphatic carbocycles. The number of benzene rings is 1. The molecule has 4 nitrogen and oxygen atoms in total. The van der Waals surface area contributed by atoms with Crippen LogP contribution in [0.4, 0.5) is 4.39 Å². The Morgan fingerprint density at radius 1 is 1.53 bits per heavy atom. The van der Waals surface area contributed by atoms with Crippen molar-refractivity contribution in [3.8, 4) is 5.75 Å². The molecule has 3 rings (SSSR count). The van der Waals surface area contributed by atoms with Gasteiger partial charge in [-0.1, -0.05) is 0 Å². The number of aromatic nitrogens is 2. The van der Waals surface area contributed by atoms with Gasteiger partial charge in [-0.25, -0.2) is 4.39 Å². The topological polar surface area (TPSA) is 44.1 Å². The third-order valence-corrected chi connectivity index (χ3v) is 3.23. The van der Waals surface area contributed by atoms with Gasteiger partial charge in [-0.2, -0.15) is 5.10 Å². The molecule has 0 radical (unpaired) electrons. The molecule has 1 atom stereocenters. The molecule has 2 aromatic rings. The third kappa shape index (κ3) is 2.12. The zero-order valence-corrected chi connectivity index (χ0v) is 10.5. The Hall–Kier alpha value is -2.17. The molecular formula is C14H13FN2O2. The maximum atomic E-state index is 13.2. The summed E-state index contributed by atoms with van der Waals surface area (Å²) in [6.45, 7) is 2.74. The van der Waals surface area contributed by atoms with Crippen LogP contribution in [0.1, 0.15) is 35.4 Å². The number of hydrogen-bond acceptors (Lipinski definition) is 3. The number of nitrogens with zero attached hydrogens (tertiary/aromatic N) is 2. The Labute approximate surface area is 109 Å². The van der Waals surface area contributed by atoms with E-state index < -0.39 is 5.82 Å². The van der Waals surface area contributed by atoms with Gasteiger partial charge in [0.25, 0.3) is 0 Å². The van der Waals surface area contributed by atoms with E-state index in [9.17, 15) is 9.18 Å². The highest BCUT2D eigenvalue weighted by atomic mass is 19.1. The molecule has 0 spiro atoms. The maximum Gasteiger partial charge on any atom is 0.170 e. The van der Waals surface area contributed by atoms with Crippen molar-refractivity contribution in [1.82, 2.24) is 9.78 Å². The highest BCUT2D eigenvalue weighted by Gasteiger charge is 2.28. The fraction of sp³-hybridized carbons (Fsp3) is 0.286. The van der Waals surface area contributed by atoms with E-state index in [0.29, 0.717) is 11.3 Å². The Morgan fingerprint density at radius 2 is 2.37 bits per heavy atom. The number of aryl methyl sites for hydroxylation is 1. The number of hydrogen-bond donors (Lipinski definition) is 0. The molecule has 0 saturated heterocycles. The van der Waals surface area contributed by atoms with E-state index in [2.05, 4.69) is 5.10 Å². The van der Waals surface area contributed by atoms with Crippen LogP contribution in [-0.2, 0) is 6.54 Å². The van der Waals surface area contributed by atoms with E-state index in [0.717, 1.165) is 12.1 Å². The summed E-state index contributed by atoms with van der Waals surface area (Å²) < 4.78 is 20.7. The maximum absolute atomic E-state index is 13.2. The molecule has 2 heterocycles.